The molecule has 12 heavy (non-hydrogen) atoms. The molecular formula is C9H11NO2. The first kappa shape index (κ1) is 8.90. The van der Waals surface area contributed by atoms with Gasteiger partial charge in [0.05, 0.1) is 0 Å². The molecule has 3 nitrogen and oxygen atoms in total. The lowest BCUT2D eigenvalue weighted by Crippen LogP contribution is -2.14. The van der Waals surface area contributed by atoms with Gasteiger partial charge in [-0.3, -0.25) is 9.63 Å². The van der Waals surface area contributed by atoms with Crippen LogP contribution in [-0.4, -0.2) is 12.4 Å². The second kappa shape index (κ2) is 4.64. The minimum Gasteiger partial charge on any atom is -0.297 e. The number of hydrogen-bond donors (Lipinski definition) is 1. The van der Waals surface area contributed by atoms with Crippen molar-refractivity contribution in [2.24, 2.45) is 5.90 Å². The van der Waals surface area contributed by atoms with Gasteiger partial charge in [0.2, 0.25) is 0 Å². The molecule has 0 spiro atoms. The molecule has 0 aliphatic carbocycles. The number of Topliss-reactive ketones (excluding diaryl/α,β-unsaturated/α-hetero) is 1. The fourth-order valence-corrected chi connectivity index (χ4v) is 0.968. The first-order chi connectivity index (χ1) is 5.83. The Morgan fingerprint density at radius 2 is 2.00 bits per heavy atom. The zero-order valence-electron chi connectivity index (χ0n) is 6.69. The summed E-state index contributed by atoms with van der Waals surface area (Å²) in [5.41, 5.74) is 0.986. The normalized spacial score (nSPS) is 9.75. The second-order valence-electron chi connectivity index (χ2n) is 2.51. The number of benzene rings is 1. The van der Waals surface area contributed by atoms with Crippen molar-refractivity contribution in [1.29, 1.82) is 0 Å². The molecule has 3 heteroatoms. The Bertz CT molecular complexity index is 246. The molecule has 0 unspecified atom stereocenters. The fourth-order valence-electron chi connectivity index (χ4n) is 0.968. The third-order valence-electron chi connectivity index (χ3n) is 1.49. The van der Waals surface area contributed by atoms with Crippen LogP contribution < -0.4 is 5.90 Å². The number of carbonyl (C=O) groups is 1. The summed E-state index contributed by atoms with van der Waals surface area (Å²) in [6, 6.07) is 9.49. The van der Waals surface area contributed by atoms with Crippen LogP contribution >= 0.6 is 0 Å². The van der Waals surface area contributed by atoms with Gasteiger partial charge in [-0.25, -0.2) is 5.90 Å². The smallest absolute Gasteiger partial charge is 0.164 e. The van der Waals surface area contributed by atoms with Gasteiger partial charge in [-0.15, -0.1) is 0 Å². The molecule has 0 aliphatic rings. The largest absolute Gasteiger partial charge is 0.297 e. The lowest BCUT2D eigenvalue weighted by atomic mass is 10.1. The summed E-state index contributed by atoms with van der Waals surface area (Å²) in [7, 11) is 0. The summed E-state index contributed by atoms with van der Waals surface area (Å²) < 4.78 is 0. The van der Waals surface area contributed by atoms with Gasteiger partial charge in [0.1, 0.15) is 6.61 Å². The third kappa shape index (κ3) is 2.82. The van der Waals surface area contributed by atoms with E-state index in [2.05, 4.69) is 4.84 Å². The second-order valence-corrected chi connectivity index (χ2v) is 2.51. The summed E-state index contributed by atoms with van der Waals surface area (Å²) in [6.45, 7) is -0.0190. The highest BCUT2D eigenvalue weighted by Gasteiger charge is 2.01. The van der Waals surface area contributed by atoms with Gasteiger partial charge < -0.3 is 0 Å². The van der Waals surface area contributed by atoms with Crippen LogP contribution in [0.4, 0.5) is 0 Å². The lowest BCUT2D eigenvalue weighted by Gasteiger charge is -1.98. The standard InChI is InChI=1S/C9H11NO2/c10-12-7-9(11)6-8-4-2-1-3-5-8/h1-5H,6-7,10H2. The van der Waals surface area contributed by atoms with Crippen molar-refractivity contribution in [1.82, 2.24) is 0 Å². The van der Waals surface area contributed by atoms with E-state index in [9.17, 15) is 4.79 Å². The first-order valence-corrected chi connectivity index (χ1v) is 3.70. The number of rotatable bonds is 4. The van der Waals surface area contributed by atoms with Crippen molar-refractivity contribution in [3.63, 3.8) is 0 Å². The van der Waals surface area contributed by atoms with Crippen LogP contribution in [0, 0.1) is 0 Å². The lowest BCUT2D eigenvalue weighted by molar-refractivity contribution is -0.123. The minimum absolute atomic E-state index is 0.0105. The molecule has 64 valence electrons. The molecular weight excluding hydrogens is 154 g/mol. The van der Waals surface area contributed by atoms with E-state index in [-0.39, 0.29) is 12.4 Å². The van der Waals surface area contributed by atoms with E-state index < -0.39 is 0 Å². The zero-order valence-corrected chi connectivity index (χ0v) is 6.69. The van der Waals surface area contributed by atoms with Crippen molar-refractivity contribution < 1.29 is 9.63 Å². The van der Waals surface area contributed by atoms with Crippen molar-refractivity contribution in [2.45, 2.75) is 6.42 Å². The highest BCUT2D eigenvalue weighted by molar-refractivity contribution is 5.81. The van der Waals surface area contributed by atoms with Crippen molar-refractivity contribution in [3.8, 4) is 0 Å². The molecule has 1 aromatic rings. The van der Waals surface area contributed by atoms with E-state index >= 15 is 0 Å². The molecule has 0 aromatic heterocycles. The SMILES string of the molecule is NOCC(=O)Cc1ccccc1. The molecule has 0 saturated carbocycles. The molecule has 1 rings (SSSR count). The zero-order chi connectivity index (χ0) is 8.81. The van der Waals surface area contributed by atoms with Crippen molar-refractivity contribution >= 4 is 5.78 Å². The predicted molar refractivity (Wildman–Crippen MR) is 45.3 cm³/mol. The first-order valence-electron chi connectivity index (χ1n) is 3.70. The maximum atomic E-state index is 11.0. The number of ketones is 1. The molecule has 0 fully saturated rings. The molecule has 0 atom stereocenters. The van der Waals surface area contributed by atoms with E-state index in [1.54, 1.807) is 0 Å². The molecule has 0 amide bonds. The summed E-state index contributed by atoms with van der Waals surface area (Å²) in [6.07, 6.45) is 0.387. The predicted octanol–water partition coefficient (Wildman–Crippen LogP) is 0.688. The van der Waals surface area contributed by atoms with Crippen LogP contribution in [-0.2, 0) is 16.1 Å². The fraction of sp³-hybridized carbons (Fsp3) is 0.222. The van der Waals surface area contributed by atoms with Gasteiger partial charge in [-0.1, -0.05) is 30.3 Å². The van der Waals surface area contributed by atoms with Crippen molar-refractivity contribution in [3.05, 3.63) is 35.9 Å². The van der Waals surface area contributed by atoms with E-state index in [1.165, 1.54) is 0 Å². The summed E-state index contributed by atoms with van der Waals surface area (Å²) in [4.78, 5) is 15.2. The van der Waals surface area contributed by atoms with Gasteiger partial charge in [0.25, 0.3) is 0 Å². The Hall–Kier alpha value is -1.19. The van der Waals surface area contributed by atoms with Crippen LogP contribution in [0.2, 0.25) is 0 Å². The van der Waals surface area contributed by atoms with Crippen molar-refractivity contribution in [2.75, 3.05) is 6.61 Å². The Morgan fingerprint density at radius 1 is 1.33 bits per heavy atom. The highest BCUT2D eigenvalue weighted by Crippen LogP contribution is 1.99. The topological polar surface area (TPSA) is 52.3 Å². The molecule has 2 N–H and O–H groups in total. The number of hydrogen-bond acceptors (Lipinski definition) is 3. The van der Waals surface area contributed by atoms with Gasteiger partial charge in [-0.05, 0) is 5.56 Å². The molecule has 1 aromatic carbocycles. The van der Waals surface area contributed by atoms with E-state index in [0.717, 1.165) is 5.56 Å². The van der Waals surface area contributed by atoms with E-state index in [1.807, 2.05) is 30.3 Å². The van der Waals surface area contributed by atoms with Crippen LogP contribution in [0.15, 0.2) is 30.3 Å². The molecule has 0 radical (unpaired) electrons. The Balaban J connectivity index is 2.47. The van der Waals surface area contributed by atoms with Crippen LogP contribution in [0.25, 0.3) is 0 Å². The van der Waals surface area contributed by atoms with Crippen LogP contribution in [0.5, 0.6) is 0 Å². The van der Waals surface area contributed by atoms with E-state index in [4.69, 9.17) is 5.90 Å². The maximum absolute atomic E-state index is 11.0. The van der Waals surface area contributed by atoms with Gasteiger partial charge in [0, 0.05) is 6.42 Å². The third-order valence-corrected chi connectivity index (χ3v) is 1.49. The van der Waals surface area contributed by atoms with Gasteiger partial charge in [0.15, 0.2) is 5.78 Å². The van der Waals surface area contributed by atoms with E-state index in [0.29, 0.717) is 6.42 Å². The minimum atomic E-state index is -0.0190. The average Bonchev–Trinajstić information content (AvgIpc) is 2.06. The summed E-state index contributed by atoms with van der Waals surface area (Å²) in [5, 5.41) is 0. The monoisotopic (exact) mass is 165 g/mol. The van der Waals surface area contributed by atoms with Crippen LogP contribution in [0.1, 0.15) is 5.56 Å². The average molecular weight is 165 g/mol. The number of nitrogens with two attached hydrogens (primary N) is 1. The summed E-state index contributed by atoms with van der Waals surface area (Å²) in [5.74, 6) is 4.75. The Morgan fingerprint density at radius 3 is 2.58 bits per heavy atom. The quantitative estimate of drug-likeness (QED) is 0.668. The van der Waals surface area contributed by atoms with Gasteiger partial charge >= 0.3 is 0 Å². The molecule has 0 bridgehead atoms. The molecule has 0 saturated heterocycles. The number of carbonyl (C=O) groups excluding carboxylic acids is 1. The highest BCUT2D eigenvalue weighted by atomic mass is 16.6. The Kier molecular flexibility index (Phi) is 3.44. The molecule has 0 aliphatic heterocycles. The van der Waals surface area contributed by atoms with Crippen LogP contribution in [0.3, 0.4) is 0 Å². The Labute approximate surface area is 71.1 Å². The summed E-state index contributed by atoms with van der Waals surface area (Å²) >= 11 is 0. The molecule has 0 heterocycles. The maximum Gasteiger partial charge on any atom is 0.164 e. The van der Waals surface area contributed by atoms with Gasteiger partial charge in [-0.2, -0.15) is 0 Å².